The van der Waals surface area contributed by atoms with Crippen LogP contribution in [0.1, 0.15) is 46.0 Å². The summed E-state index contributed by atoms with van der Waals surface area (Å²) in [5, 5.41) is 3.60. The molecular formula is C13H29NOS. The Morgan fingerprint density at radius 3 is 2.56 bits per heavy atom. The minimum atomic E-state index is 0.736. The van der Waals surface area contributed by atoms with Crippen molar-refractivity contribution in [2.45, 2.75) is 52.0 Å². The van der Waals surface area contributed by atoms with E-state index in [2.05, 4.69) is 30.9 Å². The highest BCUT2D eigenvalue weighted by Gasteiger charge is 2.03. The third-order valence-electron chi connectivity index (χ3n) is 2.65. The fraction of sp³-hybridized carbons (Fsp3) is 1.00. The van der Waals surface area contributed by atoms with Crippen LogP contribution in [0.3, 0.4) is 0 Å². The fourth-order valence-electron chi connectivity index (χ4n) is 1.64. The van der Waals surface area contributed by atoms with Gasteiger partial charge in [0.2, 0.25) is 0 Å². The van der Waals surface area contributed by atoms with Crippen LogP contribution in [0.25, 0.3) is 0 Å². The minimum absolute atomic E-state index is 0.736. The molecule has 0 rings (SSSR count). The summed E-state index contributed by atoms with van der Waals surface area (Å²) in [6, 6.07) is 0.736. The van der Waals surface area contributed by atoms with Gasteiger partial charge in [0.15, 0.2) is 0 Å². The first-order valence-corrected chi connectivity index (χ1v) is 7.80. The lowest BCUT2D eigenvalue weighted by Crippen LogP contribution is -2.29. The van der Waals surface area contributed by atoms with Gasteiger partial charge in [0.05, 0.1) is 0 Å². The van der Waals surface area contributed by atoms with E-state index in [1.807, 2.05) is 0 Å². The topological polar surface area (TPSA) is 21.3 Å². The molecule has 0 radical (unpaired) electrons. The maximum atomic E-state index is 5.02. The first-order chi connectivity index (χ1) is 7.85. The maximum Gasteiger partial charge on any atom is 0.0470 e. The molecule has 0 aliphatic carbocycles. The van der Waals surface area contributed by atoms with E-state index in [-0.39, 0.29) is 0 Å². The molecule has 1 unspecified atom stereocenters. The zero-order valence-corrected chi connectivity index (χ0v) is 12.1. The number of ether oxygens (including phenoxy) is 1. The second-order valence-electron chi connectivity index (χ2n) is 4.16. The summed E-state index contributed by atoms with van der Waals surface area (Å²) in [4.78, 5) is 0. The van der Waals surface area contributed by atoms with Gasteiger partial charge in [-0.3, -0.25) is 0 Å². The molecule has 0 amide bonds. The van der Waals surface area contributed by atoms with E-state index in [4.69, 9.17) is 4.74 Å². The molecule has 0 saturated carbocycles. The third-order valence-corrected chi connectivity index (χ3v) is 3.81. The van der Waals surface area contributed by atoms with Crippen molar-refractivity contribution < 1.29 is 4.74 Å². The maximum absolute atomic E-state index is 5.02. The summed E-state index contributed by atoms with van der Waals surface area (Å²) in [5.74, 6) is 2.54. The Morgan fingerprint density at radius 1 is 1.19 bits per heavy atom. The molecule has 0 aliphatic heterocycles. The SMILES string of the molecule is CCCNC(CC)CCCSCCCOC. The number of thioether (sulfide) groups is 1. The first-order valence-electron chi connectivity index (χ1n) is 6.65. The van der Waals surface area contributed by atoms with E-state index in [0.29, 0.717) is 0 Å². The summed E-state index contributed by atoms with van der Waals surface area (Å²) in [6.07, 6.45) is 6.35. The lowest BCUT2D eigenvalue weighted by Gasteiger charge is -2.16. The highest BCUT2D eigenvalue weighted by atomic mass is 32.2. The van der Waals surface area contributed by atoms with Crippen molar-refractivity contribution in [3.63, 3.8) is 0 Å². The van der Waals surface area contributed by atoms with Gasteiger partial charge in [-0.1, -0.05) is 13.8 Å². The highest BCUT2D eigenvalue weighted by Crippen LogP contribution is 2.09. The Hall–Kier alpha value is 0.270. The predicted molar refractivity (Wildman–Crippen MR) is 75.4 cm³/mol. The Balaban J connectivity index is 3.20. The zero-order valence-electron chi connectivity index (χ0n) is 11.3. The Morgan fingerprint density at radius 2 is 1.94 bits per heavy atom. The number of hydrogen-bond acceptors (Lipinski definition) is 3. The number of nitrogens with one attached hydrogen (secondary N) is 1. The minimum Gasteiger partial charge on any atom is -0.385 e. The molecule has 98 valence electrons. The molecule has 0 aromatic carbocycles. The van der Waals surface area contributed by atoms with Crippen molar-refractivity contribution in [1.29, 1.82) is 0 Å². The standard InChI is InChI=1S/C13H29NOS/c1-4-9-14-13(5-2)8-6-11-16-12-7-10-15-3/h13-14H,4-12H2,1-3H3. The molecule has 0 heterocycles. The molecule has 1 N–H and O–H groups in total. The summed E-state index contributed by atoms with van der Waals surface area (Å²) >= 11 is 2.06. The molecule has 0 aliphatic rings. The molecule has 0 fully saturated rings. The summed E-state index contributed by atoms with van der Waals surface area (Å²) < 4.78 is 5.02. The van der Waals surface area contributed by atoms with E-state index < -0.39 is 0 Å². The lowest BCUT2D eigenvalue weighted by molar-refractivity contribution is 0.200. The average Bonchev–Trinajstić information content (AvgIpc) is 2.32. The third kappa shape index (κ3) is 10.8. The van der Waals surface area contributed by atoms with Crippen molar-refractivity contribution in [3.8, 4) is 0 Å². The van der Waals surface area contributed by atoms with Crippen molar-refractivity contribution in [2.75, 3.05) is 31.8 Å². The van der Waals surface area contributed by atoms with Gasteiger partial charge in [-0.05, 0) is 50.2 Å². The molecule has 16 heavy (non-hydrogen) atoms. The van der Waals surface area contributed by atoms with Crippen LogP contribution in [-0.4, -0.2) is 37.8 Å². The largest absolute Gasteiger partial charge is 0.385 e. The van der Waals surface area contributed by atoms with Crippen molar-refractivity contribution in [1.82, 2.24) is 5.32 Å². The second-order valence-corrected chi connectivity index (χ2v) is 5.38. The Bertz CT molecular complexity index is 133. The van der Waals surface area contributed by atoms with E-state index >= 15 is 0 Å². The smallest absolute Gasteiger partial charge is 0.0470 e. The quantitative estimate of drug-likeness (QED) is 0.535. The molecule has 0 aromatic rings. The summed E-state index contributed by atoms with van der Waals surface area (Å²) in [5.41, 5.74) is 0. The van der Waals surface area contributed by atoms with Gasteiger partial charge < -0.3 is 10.1 Å². The van der Waals surface area contributed by atoms with Crippen LogP contribution in [0.4, 0.5) is 0 Å². The summed E-state index contributed by atoms with van der Waals surface area (Å²) in [6.45, 7) is 6.58. The number of rotatable bonds is 12. The van der Waals surface area contributed by atoms with Crippen LogP contribution in [0.2, 0.25) is 0 Å². The lowest BCUT2D eigenvalue weighted by atomic mass is 10.1. The fourth-order valence-corrected chi connectivity index (χ4v) is 2.54. The van der Waals surface area contributed by atoms with Gasteiger partial charge in [-0.25, -0.2) is 0 Å². The van der Waals surface area contributed by atoms with Crippen LogP contribution >= 0.6 is 11.8 Å². The number of hydrogen-bond donors (Lipinski definition) is 1. The van der Waals surface area contributed by atoms with Crippen LogP contribution in [0.5, 0.6) is 0 Å². The Labute approximate surface area is 106 Å². The first kappa shape index (κ1) is 16.3. The molecule has 2 nitrogen and oxygen atoms in total. The van der Waals surface area contributed by atoms with Gasteiger partial charge in [0.1, 0.15) is 0 Å². The molecule has 3 heteroatoms. The van der Waals surface area contributed by atoms with Crippen LogP contribution < -0.4 is 5.32 Å². The zero-order chi connectivity index (χ0) is 12.1. The summed E-state index contributed by atoms with van der Waals surface area (Å²) in [7, 11) is 1.77. The predicted octanol–water partition coefficient (Wildman–Crippen LogP) is 3.31. The molecule has 0 spiro atoms. The Kier molecular flexibility index (Phi) is 13.6. The normalized spacial score (nSPS) is 12.9. The van der Waals surface area contributed by atoms with Crippen LogP contribution in [0, 0.1) is 0 Å². The van der Waals surface area contributed by atoms with E-state index in [9.17, 15) is 0 Å². The molecule has 1 atom stereocenters. The van der Waals surface area contributed by atoms with Gasteiger partial charge in [-0.15, -0.1) is 0 Å². The molecule has 0 aromatic heterocycles. The van der Waals surface area contributed by atoms with E-state index in [1.54, 1.807) is 7.11 Å². The molecule has 0 saturated heterocycles. The van der Waals surface area contributed by atoms with Gasteiger partial charge in [-0.2, -0.15) is 11.8 Å². The van der Waals surface area contributed by atoms with Crippen LogP contribution in [0.15, 0.2) is 0 Å². The van der Waals surface area contributed by atoms with Gasteiger partial charge >= 0.3 is 0 Å². The van der Waals surface area contributed by atoms with Gasteiger partial charge in [0, 0.05) is 19.8 Å². The van der Waals surface area contributed by atoms with Crippen LogP contribution in [-0.2, 0) is 4.74 Å². The van der Waals surface area contributed by atoms with Gasteiger partial charge in [0.25, 0.3) is 0 Å². The van der Waals surface area contributed by atoms with E-state index in [0.717, 1.165) is 12.6 Å². The highest BCUT2D eigenvalue weighted by molar-refractivity contribution is 7.99. The van der Waals surface area contributed by atoms with Crippen molar-refractivity contribution >= 4 is 11.8 Å². The van der Waals surface area contributed by atoms with E-state index in [1.165, 1.54) is 50.2 Å². The van der Waals surface area contributed by atoms with Crippen molar-refractivity contribution in [3.05, 3.63) is 0 Å². The van der Waals surface area contributed by atoms with Crippen molar-refractivity contribution in [2.24, 2.45) is 0 Å². The average molecular weight is 247 g/mol. The number of methoxy groups -OCH3 is 1. The monoisotopic (exact) mass is 247 g/mol. The molecular weight excluding hydrogens is 218 g/mol. The second kappa shape index (κ2) is 13.3. The molecule has 0 bridgehead atoms.